The molecule has 0 radical (unpaired) electrons. The van der Waals surface area contributed by atoms with E-state index in [9.17, 15) is 18.1 Å². The Balaban J connectivity index is 2.44. The van der Waals surface area contributed by atoms with Gasteiger partial charge in [0.2, 0.25) is 0 Å². The second kappa shape index (κ2) is 6.47. The van der Waals surface area contributed by atoms with Gasteiger partial charge in [-0.25, -0.2) is 0 Å². The standard InChI is InChI=1S/C16H18N2O4S/c1-4-12-8-13(5-6-15(12)19)17-18-14-9-16(23(20,21)22)11(3)7-10(14)2/h5-9,19H,4H2,1-3H3,(H,20,21,22)/b18-17+. The molecule has 0 spiro atoms. The summed E-state index contributed by atoms with van der Waals surface area (Å²) in [5, 5.41) is 17.8. The van der Waals surface area contributed by atoms with Crippen molar-refractivity contribution in [1.29, 1.82) is 0 Å². The number of aryl methyl sites for hydroxylation is 3. The zero-order valence-electron chi connectivity index (χ0n) is 13.1. The van der Waals surface area contributed by atoms with E-state index in [4.69, 9.17) is 0 Å². The highest BCUT2D eigenvalue weighted by atomic mass is 32.2. The zero-order valence-corrected chi connectivity index (χ0v) is 13.9. The molecule has 0 aromatic heterocycles. The fraction of sp³-hybridized carbons (Fsp3) is 0.250. The summed E-state index contributed by atoms with van der Waals surface area (Å²) in [7, 11) is -4.31. The topological polar surface area (TPSA) is 99.3 Å². The molecule has 0 atom stereocenters. The summed E-state index contributed by atoms with van der Waals surface area (Å²) in [6.45, 7) is 5.30. The minimum Gasteiger partial charge on any atom is -0.508 e. The lowest BCUT2D eigenvalue weighted by Gasteiger charge is -2.06. The van der Waals surface area contributed by atoms with Gasteiger partial charge in [0.15, 0.2) is 0 Å². The average Bonchev–Trinajstić information content (AvgIpc) is 2.46. The van der Waals surface area contributed by atoms with Gasteiger partial charge in [0.05, 0.1) is 16.3 Å². The van der Waals surface area contributed by atoms with E-state index < -0.39 is 10.1 Å². The molecule has 0 aliphatic carbocycles. The van der Waals surface area contributed by atoms with Crippen LogP contribution in [0.2, 0.25) is 0 Å². The molecule has 7 heteroatoms. The van der Waals surface area contributed by atoms with Gasteiger partial charge in [-0.2, -0.15) is 18.6 Å². The second-order valence-corrected chi connectivity index (χ2v) is 6.64. The van der Waals surface area contributed by atoms with Crippen molar-refractivity contribution in [1.82, 2.24) is 0 Å². The normalized spacial score (nSPS) is 12.0. The van der Waals surface area contributed by atoms with Crippen LogP contribution in [0.5, 0.6) is 5.75 Å². The van der Waals surface area contributed by atoms with Crippen LogP contribution in [0.1, 0.15) is 23.6 Å². The Morgan fingerprint density at radius 2 is 1.74 bits per heavy atom. The van der Waals surface area contributed by atoms with E-state index in [-0.39, 0.29) is 10.6 Å². The molecule has 2 aromatic carbocycles. The summed E-state index contributed by atoms with van der Waals surface area (Å²) in [5.74, 6) is 0.201. The Morgan fingerprint density at radius 1 is 1.04 bits per heavy atom. The number of phenols is 1. The molecular weight excluding hydrogens is 316 g/mol. The molecule has 0 aliphatic heterocycles. The van der Waals surface area contributed by atoms with Gasteiger partial charge in [-0.05, 0) is 61.2 Å². The molecule has 2 N–H and O–H groups in total. The highest BCUT2D eigenvalue weighted by Gasteiger charge is 2.15. The predicted octanol–water partition coefficient (Wildman–Crippen LogP) is 4.23. The van der Waals surface area contributed by atoms with Gasteiger partial charge in [-0.15, -0.1) is 0 Å². The lowest BCUT2D eigenvalue weighted by atomic mass is 10.1. The summed E-state index contributed by atoms with van der Waals surface area (Å²) in [4.78, 5) is -0.183. The Morgan fingerprint density at radius 3 is 2.35 bits per heavy atom. The van der Waals surface area contributed by atoms with Crippen LogP contribution < -0.4 is 0 Å². The lowest BCUT2D eigenvalue weighted by Crippen LogP contribution is -2.01. The maximum atomic E-state index is 11.4. The van der Waals surface area contributed by atoms with E-state index in [1.807, 2.05) is 6.92 Å². The molecule has 0 saturated carbocycles. The predicted molar refractivity (Wildman–Crippen MR) is 87.4 cm³/mol. The van der Waals surface area contributed by atoms with Crippen molar-refractivity contribution in [3.05, 3.63) is 47.0 Å². The van der Waals surface area contributed by atoms with E-state index >= 15 is 0 Å². The van der Waals surface area contributed by atoms with Gasteiger partial charge < -0.3 is 5.11 Å². The summed E-state index contributed by atoms with van der Waals surface area (Å²) < 4.78 is 32.0. The number of hydrogen-bond acceptors (Lipinski definition) is 5. The van der Waals surface area contributed by atoms with E-state index in [0.29, 0.717) is 23.4 Å². The molecule has 0 heterocycles. The van der Waals surface area contributed by atoms with Crippen LogP contribution in [0.15, 0.2) is 45.5 Å². The van der Waals surface area contributed by atoms with E-state index in [1.165, 1.54) is 6.07 Å². The van der Waals surface area contributed by atoms with Gasteiger partial charge in [0.25, 0.3) is 10.1 Å². The van der Waals surface area contributed by atoms with Gasteiger partial charge in [0.1, 0.15) is 5.75 Å². The summed E-state index contributed by atoms with van der Waals surface area (Å²) in [6.07, 6.45) is 0.658. The number of benzene rings is 2. The van der Waals surface area contributed by atoms with E-state index in [1.54, 1.807) is 38.1 Å². The van der Waals surface area contributed by atoms with Gasteiger partial charge in [0, 0.05) is 0 Å². The fourth-order valence-electron chi connectivity index (χ4n) is 2.24. The average molecular weight is 334 g/mol. The summed E-state index contributed by atoms with van der Waals surface area (Å²) in [6, 6.07) is 7.80. The molecule has 0 saturated heterocycles. The van der Waals surface area contributed by atoms with Crippen LogP contribution in [0.25, 0.3) is 0 Å². The molecule has 0 unspecified atom stereocenters. The van der Waals surface area contributed by atoms with Crippen LogP contribution in [0.3, 0.4) is 0 Å². The third-order valence-corrected chi connectivity index (χ3v) is 4.48. The molecule has 0 bridgehead atoms. The zero-order chi connectivity index (χ0) is 17.2. The van der Waals surface area contributed by atoms with Crippen LogP contribution >= 0.6 is 0 Å². The van der Waals surface area contributed by atoms with Crippen LogP contribution in [-0.2, 0) is 16.5 Å². The first-order chi connectivity index (χ1) is 10.7. The maximum absolute atomic E-state index is 11.4. The first kappa shape index (κ1) is 17.1. The Labute approximate surface area is 135 Å². The molecule has 2 aromatic rings. The second-order valence-electron chi connectivity index (χ2n) is 5.25. The summed E-state index contributed by atoms with van der Waals surface area (Å²) in [5.41, 5.74) is 2.85. The van der Waals surface area contributed by atoms with Gasteiger partial charge in [-0.3, -0.25) is 4.55 Å². The summed E-state index contributed by atoms with van der Waals surface area (Å²) >= 11 is 0. The van der Waals surface area contributed by atoms with Gasteiger partial charge >= 0.3 is 0 Å². The Bertz CT molecular complexity index is 874. The smallest absolute Gasteiger partial charge is 0.294 e. The van der Waals surface area contributed by atoms with Crippen molar-refractivity contribution in [2.75, 3.05) is 0 Å². The fourth-order valence-corrected chi connectivity index (χ4v) is 2.96. The molecule has 0 aliphatic rings. The lowest BCUT2D eigenvalue weighted by molar-refractivity contribution is 0.469. The third-order valence-electron chi connectivity index (χ3n) is 3.49. The number of azo groups is 1. The van der Waals surface area contributed by atoms with Crippen LogP contribution in [0.4, 0.5) is 11.4 Å². The Kier molecular flexibility index (Phi) is 4.82. The monoisotopic (exact) mass is 334 g/mol. The third kappa shape index (κ3) is 3.94. The quantitative estimate of drug-likeness (QED) is 0.645. The molecule has 6 nitrogen and oxygen atoms in total. The molecular formula is C16H18N2O4S. The number of aromatic hydroxyl groups is 1. The van der Waals surface area contributed by atoms with Crippen molar-refractivity contribution >= 4 is 21.5 Å². The highest BCUT2D eigenvalue weighted by molar-refractivity contribution is 7.85. The van der Waals surface area contributed by atoms with Crippen molar-refractivity contribution in [3.8, 4) is 5.75 Å². The number of hydrogen-bond donors (Lipinski definition) is 2. The first-order valence-corrected chi connectivity index (χ1v) is 8.48. The SMILES string of the molecule is CCc1cc(/N=N/c2cc(S(=O)(=O)O)c(C)cc2C)ccc1O. The van der Waals surface area contributed by atoms with Crippen LogP contribution in [0, 0.1) is 13.8 Å². The van der Waals surface area contributed by atoms with Gasteiger partial charge in [-0.1, -0.05) is 13.0 Å². The van der Waals surface area contributed by atoms with E-state index in [0.717, 1.165) is 11.1 Å². The van der Waals surface area contributed by atoms with Crippen molar-refractivity contribution in [2.45, 2.75) is 32.1 Å². The highest BCUT2D eigenvalue weighted by Crippen LogP contribution is 2.29. The van der Waals surface area contributed by atoms with Crippen LogP contribution in [-0.4, -0.2) is 18.1 Å². The largest absolute Gasteiger partial charge is 0.508 e. The maximum Gasteiger partial charge on any atom is 0.294 e. The number of phenolic OH excluding ortho intramolecular Hbond substituents is 1. The molecule has 0 fully saturated rings. The van der Waals surface area contributed by atoms with Crippen molar-refractivity contribution in [3.63, 3.8) is 0 Å². The molecule has 0 amide bonds. The van der Waals surface area contributed by atoms with Crippen molar-refractivity contribution in [2.24, 2.45) is 10.2 Å². The molecule has 122 valence electrons. The molecule has 23 heavy (non-hydrogen) atoms. The minimum atomic E-state index is -4.31. The number of nitrogens with zero attached hydrogens (tertiary/aromatic N) is 2. The Hall–Kier alpha value is -2.25. The first-order valence-electron chi connectivity index (χ1n) is 7.04. The van der Waals surface area contributed by atoms with E-state index in [2.05, 4.69) is 10.2 Å². The van der Waals surface area contributed by atoms with Crippen molar-refractivity contribution < 1.29 is 18.1 Å². The minimum absolute atomic E-state index is 0.183. The number of rotatable bonds is 4. The molecule has 2 rings (SSSR count).